The summed E-state index contributed by atoms with van der Waals surface area (Å²) in [6.07, 6.45) is 4.47. The summed E-state index contributed by atoms with van der Waals surface area (Å²) in [5.74, 6) is -0.00351. The van der Waals surface area contributed by atoms with Crippen LogP contribution in [0, 0.1) is 11.8 Å². The van der Waals surface area contributed by atoms with Crippen LogP contribution in [0.3, 0.4) is 0 Å². The summed E-state index contributed by atoms with van der Waals surface area (Å²) in [6.45, 7) is 2.47. The minimum atomic E-state index is -0.651. The van der Waals surface area contributed by atoms with Gasteiger partial charge < -0.3 is 14.7 Å². The zero-order valence-corrected chi connectivity index (χ0v) is 9.89. The third kappa shape index (κ3) is 2.95. The molecule has 2 atom stereocenters. The van der Waals surface area contributed by atoms with E-state index in [1.807, 2.05) is 7.05 Å². The number of aliphatic carboxylic acids is 1. The van der Waals surface area contributed by atoms with Gasteiger partial charge in [-0.05, 0) is 38.6 Å². The number of rotatable bonds is 7. The zero-order valence-electron chi connectivity index (χ0n) is 9.89. The number of hydrogen-bond donors (Lipinski definition) is 1. The van der Waals surface area contributed by atoms with Gasteiger partial charge in [-0.25, -0.2) is 0 Å². The first-order valence-electron chi connectivity index (χ1n) is 6.19. The van der Waals surface area contributed by atoms with Crippen LogP contribution < -0.4 is 0 Å². The highest BCUT2D eigenvalue weighted by Crippen LogP contribution is 2.31. The second-order valence-corrected chi connectivity index (χ2v) is 5.09. The average Bonchev–Trinajstić information content (AvgIpc) is 2.93. The number of likely N-dealkylation sites (N-methyl/N-ethyl adjacent to an activating group) is 1. The average molecular weight is 227 g/mol. The molecule has 2 rings (SSSR count). The van der Waals surface area contributed by atoms with E-state index in [9.17, 15) is 4.79 Å². The molecule has 0 saturated heterocycles. The third-order valence-electron chi connectivity index (χ3n) is 3.76. The molecule has 0 radical (unpaired) electrons. The van der Waals surface area contributed by atoms with Crippen LogP contribution >= 0.6 is 0 Å². The normalized spacial score (nSPS) is 29.1. The smallest absolute Gasteiger partial charge is 0.308 e. The Kier molecular flexibility index (Phi) is 3.82. The maximum Gasteiger partial charge on any atom is 0.308 e. The Balaban J connectivity index is 1.59. The summed E-state index contributed by atoms with van der Waals surface area (Å²) in [6, 6.07) is 0.224. The number of hydrogen-bond acceptors (Lipinski definition) is 3. The van der Waals surface area contributed by atoms with Gasteiger partial charge in [-0.2, -0.15) is 0 Å². The first-order chi connectivity index (χ1) is 7.68. The van der Waals surface area contributed by atoms with Crippen LogP contribution in [-0.4, -0.2) is 48.8 Å². The maximum absolute atomic E-state index is 10.9. The fourth-order valence-corrected chi connectivity index (χ4v) is 2.21. The molecule has 0 aromatic rings. The van der Waals surface area contributed by atoms with Crippen LogP contribution in [0.4, 0.5) is 0 Å². The van der Waals surface area contributed by atoms with Crippen LogP contribution in [0.5, 0.6) is 0 Å². The first kappa shape index (κ1) is 11.9. The third-order valence-corrected chi connectivity index (χ3v) is 3.76. The van der Waals surface area contributed by atoms with Crippen molar-refractivity contribution in [2.24, 2.45) is 11.8 Å². The Labute approximate surface area is 96.6 Å². The molecule has 0 heterocycles. The fraction of sp³-hybridized carbons (Fsp3) is 0.917. The minimum Gasteiger partial charge on any atom is -0.481 e. The van der Waals surface area contributed by atoms with Crippen molar-refractivity contribution < 1.29 is 14.6 Å². The van der Waals surface area contributed by atoms with E-state index in [0.29, 0.717) is 0 Å². The van der Waals surface area contributed by atoms with Gasteiger partial charge in [0.15, 0.2) is 0 Å². The molecule has 1 N–H and O–H groups in total. The van der Waals surface area contributed by atoms with Crippen molar-refractivity contribution in [3.8, 4) is 0 Å². The van der Waals surface area contributed by atoms with E-state index in [-0.39, 0.29) is 12.0 Å². The van der Waals surface area contributed by atoms with Crippen molar-refractivity contribution in [1.29, 1.82) is 0 Å². The fourth-order valence-electron chi connectivity index (χ4n) is 2.21. The molecule has 0 aromatic heterocycles. The summed E-state index contributed by atoms with van der Waals surface area (Å²) in [7, 11) is 2.00. The number of carboxylic acid groups (broad SMARTS) is 1. The zero-order chi connectivity index (χ0) is 11.5. The Morgan fingerprint density at radius 2 is 2.12 bits per heavy atom. The van der Waals surface area contributed by atoms with Crippen LogP contribution in [0.2, 0.25) is 0 Å². The van der Waals surface area contributed by atoms with Gasteiger partial charge in [-0.15, -0.1) is 0 Å². The molecule has 2 unspecified atom stereocenters. The molecule has 2 saturated carbocycles. The molecule has 0 amide bonds. The summed E-state index contributed by atoms with van der Waals surface area (Å²) in [5.41, 5.74) is 0. The Morgan fingerprint density at radius 1 is 1.38 bits per heavy atom. The van der Waals surface area contributed by atoms with Gasteiger partial charge in [0.05, 0.1) is 12.5 Å². The lowest BCUT2D eigenvalue weighted by Crippen LogP contribution is -2.49. The van der Waals surface area contributed by atoms with E-state index >= 15 is 0 Å². The van der Waals surface area contributed by atoms with Gasteiger partial charge in [0.1, 0.15) is 0 Å². The van der Waals surface area contributed by atoms with E-state index in [0.717, 1.165) is 38.5 Å². The van der Waals surface area contributed by atoms with Gasteiger partial charge in [0.25, 0.3) is 0 Å². The van der Waals surface area contributed by atoms with Crippen molar-refractivity contribution in [2.75, 3.05) is 26.8 Å². The van der Waals surface area contributed by atoms with Crippen LogP contribution in [0.1, 0.15) is 25.7 Å². The molecule has 2 aliphatic rings. The Morgan fingerprint density at radius 3 is 2.62 bits per heavy atom. The lowest BCUT2D eigenvalue weighted by molar-refractivity contribution is -0.148. The maximum atomic E-state index is 10.9. The van der Waals surface area contributed by atoms with Crippen molar-refractivity contribution >= 4 is 5.97 Å². The molecular formula is C12H21NO3. The molecule has 2 aliphatic carbocycles. The van der Waals surface area contributed by atoms with Crippen LogP contribution in [-0.2, 0) is 9.53 Å². The molecule has 92 valence electrons. The molecule has 0 bridgehead atoms. The topological polar surface area (TPSA) is 49.8 Å². The SMILES string of the molecule is CN(CCOCC1CC1)C1CCC1C(=O)O. The van der Waals surface area contributed by atoms with E-state index in [1.54, 1.807) is 0 Å². The second-order valence-electron chi connectivity index (χ2n) is 5.09. The lowest BCUT2D eigenvalue weighted by atomic mass is 9.79. The predicted molar refractivity (Wildman–Crippen MR) is 60.3 cm³/mol. The molecule has 4 heteroatoms. The van der Waals surface area contributed by atoms with Gasteiger partial charge in [-0.3, -0.25) is 4.79 Å². The molecule has 2 fully saturated rings. The number of nitrogens with zero attached hydrogens (tertiary/aromatic N) is 1. The number of carboxylic acids is 1. The van der Waals surface area contributed by atoms with Crippen LogP contribution in [0.25, 0.3) is 0 Å². The van der Waals surface area contributed by atoms with Crippen molar-refractivity contribution in [1.82, 2.24) is 4.90 Å². The molecule has 16 heavy (non-hydrogen) atoms. The van der Waals surface area contributed by atoms with Gasteiger partial charge in [0, 0.05) is 19.2 Å². The molecule has 0 spiro atoms. The highest BCUT2D eigenvalue weighted by molar-refractivity contribution is 5.72. The highest BCUT2D eigenvalue weighted by Gasteiger charge is 2.38. The largest absolute Gasteiger partial charge is 0.481 e. The van der Waals surface area contributed by atoms with Gasteiger partial charge >= 0.3 is 5.97 Å². The second kappa shape index (κ2) is 5.15. The standard InChI is InChI=1S/C12H21NO3/c1-13(6-7-16-8-9-2-3-9)11-5-4-10(11)12(14)15/h9-11H,2-8H2,1H3,(H,14,15). The van der Waals surface area contributed by atoms with Gasteiger partial charge in [-0.1, -0.05) is 0 Å². The summed E-state index contributed by atoms with van der Waals surface area (Å²) in [5, 5.41) is 8.95. The van der Waals surface area contributed by atoms with E-state index in [2.05, 4.69) is 4.90 Å². The van der Waals surface area contributed by atoms with Crippen LogP contribution in [0.15, 0.2) is 0 Å². The summed E-state index contributed by atoms with van der Waals surface area (Å²) in [4.78, 5) is 13.0. The number of carbonyl (C=O) groups is 1. The van der Waals surface area contributed by atoms with Gasteiger partial charge in [0.2, 0.25) is 0 Å². The first-order valence-corrected chi connectivity index (χ1v) is 6.19. The van der Waals surface area contributed by atoms with E-state index < -0.39 is 5.97 Å². The highest BCUT2D eigenvalue weighted by atomic mass is 16.5. The van der Waals surface area contributed by atoms with E-state index in [4.69, 9.17) is 9.84 Å². The summed E-state index contributed by atoms with van der Waals surface area (Å²) >= 11 is 0. The lowest BCUT2D eigenvalue weighted by Gasteiger charge is -2.40. The summed E-state index contributed by atoms with van der Waals surface area (Å²) < 4.78 is 5.55. The number of ether oxygens (including phenoxy) is 1. The quantitative estimate of drug-likeness (QED) is 0.664. The molecular weight excluding hydrogens is 206 g/mol. The van der Waals surface area contributed by atoms with Crippen molar-refractivity contribution in [3.05, 3.63) is 0 Å². The Hall–Kier alpha value is -0.610. The molecule has 4 nitrogen and oxygen atoms in total. The van der Waals surface area contributed by atoms with Crippen molar-refractivity contribution in [2.45, 2.75) is 31.7 Å². The Bertz CT molecular complexity index is 253. The monoisotopic (exact) mass is 227 g/mol. The molecule has 0 aromatic carbocycles. The van der Waals surface area contributed by atoms with Crippen molar-refractivity contribution in [3.63, 3.8) is 0 Å². The molecule has 0 aliphatic heterocycles. The predicted octanol–water partition coefficient (Wildman–Crippen LogP) is 1.21. The van der Waals surface area contributed by atoms with E-state index in [1.165, 1.54) is 12.8 Å². The minimum absolute atomic E-state index is 0.159.